The van der Waals surface area contributed by atoms with Crippen molar-refractivity contribution in [1.82, 2.24) is 19.9 Å². The SMILES string of the molecule is Cc1ncsc1C(=O)NC1CCc2nccn2C1. The zero-order chi connectivity index (χ0) is 12.5. The molecule has 0 radical (unpaired) electrons. The summed E-state index contributed by atoms with van der Waals surface area (Å²) in [5.41, 5.74) is 2.51. The fraction of sp³-hybridized carbons (Fsp3) is 0.417. The van der Waals surface area contributed by atoms with Crippen LogP contribution in [-0.2, 0) is 13.0 Å². The van der Waals surface area contributed by atoms with E-state index < -0.39 is 0 Å². The number of fused-ring (bicyclic) bond motifs is 1. The Kier molecular flexibility index (Phi) is 2.87. The van der Waals surface area contributed by atoms with E-state index in [0.29, 0.717) is 4.88 Å². The second kappa shape index (κ2) is 4.53. The lowest BCUT2D eigenvalue weighted by atomic mass is 10.1. The number of aryl methyl sites for hydroxylation is 2. The highest BCUT2D eigenvalue weighted by Gasteiger charge is 2.22. The quantitative estimate of drug-likeness (QED) is 0.889. The molecule has 1 aliphatic heterocycles. The molecule has 1 atom stereocenters. The minimum Gasteiger partial charge on any atom is -0.347 e. The first-order chi connectivity index (χ1) is 8.74. The van der Waals surface area contributed by atoms with Gasteiger partial charge >= 0.3 is 0 Å². The van der Waals surface area contributed by atoms with Crippen molar-refractivity contribution in [2.45, 2.75) is 32.4 Å². The lowest BCUT2D eigenvalue weighted by Crippen LogP contribution is -2.40. The summed E-state index contributed by atoms with van der Waals surface area (Å²) < 4.78 is 2.11. The van der Waals surface area contributed by atoms with Gasteiger partial charge in [-0.25, -0.2) is 9.97 Å². The van der Waals surface area contributed by atoms with Gasteiger partial charge in [0.1, 0.15) is 10.7 Å². The van der Waals surface area contributed by atoms with Crippen molar-refractivity contribution >= 4 is 17.2 Å². The monoisotopic (exact) mass is 262 g/mol. The molecular weight excluding hydrogens is 248 g/mol. The standard InChI is InChI=1S/C12H14N4OS/c1-8-11(18-7-14-8)12(17)15-9-2-3-10-13-4-5-16(10)6-9/h4-5,7,9H,2-3,6H2,1H3,(H,15,17). The van der Waals surface area contributed by atoms with E-state index in [9.17, 15) is 4.79 Å². The van der Waals surface area contributed by atoms with Crippen LogP contribution in [0.1, 0.15) is 27.6 Å². The van der Waals surface area contributed by atoms with E-state index in [0.717, 1.165) is 30.9 Å². The Labute approximate surface area is 109 Å². The second-order valence-electron chi connectivity index (χ2n) is 4.47. The number of imidazole rings is 1. The molecule has 2 aromatic rings. The predicted octanol–water partition coefficient (Wildman–Crippen LogP) is 1.39. The third-order valence-electron chi connectivity index (χ3n) is 3.22. The topological polar surface area (TPSA) is 59.8 Å². The molecule has 3 rings (SSSR count). The van der Waals surface area contributed by atoms with Crippen LogP contribution in [0.3, 0.4) is 0 Å². The number of thiazole rings is 1. The van der Waals surface area contributed by atoms with Crippen LogP contribution in [0.4, 0.5) is 0 Å². The lowest BCUT2D eigenvalue weighted by molar-refractivity contribution is 0.0931. The fourth-order valence-corrected chi connectivity index (χ4v) is 2.96. The highest BCUT2D eigenvalue weighted by Crippen LogP contribution is 2.16. The number of hydrogen-bond acceptors (Lipinski definition) is 4. The maximum Gasteiger partial charge on any atom is 0.263 e. The predicted molar refractivity (Wildman–Crippen MR) is 68.7 cm³/mol. The summed E-state index contributed by atoms with van der Waals surface area (Å²) in [5, 5.41) is 3.08. The van der Waals surface area contributed by atoms with Crippen molar-refractivity contribution < 1.29 is 4.79 Å². The van der Waals surface area contributed by atoms with Crippen molar-refractivity contribution in [3.05, 3.63) is 34.3 Å². The molecule has 5 nitrogen and oxygen atoms in total. The number of carbonyl (C=O) groups is 1. The fourth-order valence-electron chi connectivity index (χ4n) is 2.26. The summed E-state index contributed by atoms with van der Waals surface area (Å²) in [6.07, 6.45) is 5.64. The molecule has 6 heteroatoms. The molecule has 0 spiro atoms. The molecule has 94 valence electrons. The van der Waals surface area contributed by atoms with E-state index >= 15 is 0 Å². The van der Waals surface area contributed by atoms with Gasteiger partial charge in [-0.1, -0.05) is 0 Å². The molecular formula is C12H14N4OS. The molecule has 1 N–H and O–H groups in total. The van der Waals surface area contributed by atoms with Crippen LogP contribution < -0.4 is 5.32 Å². The Morgan fingerprint density at radius 2 is 2.44 bits per heavy atom. The van der Waals surface area contributed by atoms with Gasteiger partial charge in [-0.15, -0.1) is 11.3 Å². The van der Waals surface area contributed by atoms with Gasteiger partial charge in [-0.3, -0.25) is 4.79 Å². The Balaban J connectivity index is 1.68. The Morgan fingerprint density at radius 3 is 3.22 bits per heavy atom. The van der Waals surface area contributed by atoms with Crippen molar-refractivity contribution in [2.75, 3.05) is 0 Å². The third kappa shape index (κ3) is 2.03. The zero-order valence-electron chi connectivity index (χ0n) is 10.1. The molecule has 0 aromatic carbocycles. The van der Waals surface area contributed by atoms with Crippen LogP contribution in [0, 0.1) is 6.92 Å². The molecule has 0 aliphatic carbocycles. The van der Waals surface area contributed by atoms with E-state index in [1.807, 2.05) is 19.3 Å². The average molecular weight is 262 g/mol. The first-order valence-electron chi connectivity index (χ1n) is 5.95. The highest BCUT2D eigenvalue weighted by molar-refractivity contribution is 7.11. The smallest absolute Gasteiger partial charge is 0.263 e. The first kappa shape index (κ1) is 11.4. The number of hydrogen-bond donors (Lipinski definition) is 1. The molecule has 1 aliphatic rings. The number of nitrogens with zero attached hydrogens (tertiary/aromatic N) is 3. The van der Waals surface area contributed by atoms with Gasteiger partial charge in [0, 0.05) is 31.4 Å². The Bertz CT molecular complexity index is 574. The second-order valence-corrected chi connectivity index (χ2v) is 5.33. The van der Waals surface area contributed by atoms with Gasteiger partial charge < -0.3 is 9.88 Å². The highest BCUT2D eigenvalue weighted by atomic mass is 32.1. The van der Waals surface area contributed by atoms with E-state index in [2.05, 4.69) is 19.9 Å². The Morgan fingerprint density at radius 1 is 1.56 bits per heavy atom. The van der Waals surface area contributed by atoms with Gasteiger partial charge in [-0.2, -0.15) is 0 Å². The molecule has 1 amide bonds. The van der Waals surface area contributed by atoms with Crippen molar-refractivity contribution in [1.29, 1.82) is 0 Å². The summed E-state index contributed by atoms with van der Waals surface area (Å²) in [5.74, 6) is 1.10. The number of carbonyl (C=O) groups excluding carboxylic acids is 1. The molecule has 0 saturated carbocycles. The van der Waals surface area contributed by atoms with Gasteiger partial charge in [0.15, 0.2) is 0 Å². The van der Waals surface area contributed by atoms with E-state index in [4.69, 9.17) is 0 Å². The van der Waals surface area contributed by atoms with Gasteiger partial charge in [0.05, 0.1) is 11.2 Å². The number of aromatic nitrogens is 3. The number of rotatable bonds is 2. The van der Waals surface area contributed by atoms with Crippen LogP contribution in [0.15, 0.2) is 17.9 Å². The normalized spacial score (nSPS) is 18.4. The minimum absolute atomic E-state index is 0.0106. The summed E-state index contributed by atoms with van der Waals surface area (Å²) in [6, 6.07) is 0.181. The van der Waals surface area contributed by atoms with E-state index in [-0.39, 0.29) is 11.9 Å². The summed E-state index contributed by atoms with van der Waals surface area (Å²) in [4.78, 5) is 21.2. The zero-order valence-corrected chi connectivity index (χ0v) is 10.9. The molecule has 0 bridgehead atoms. The molecule has 1 unspecified atom stereocenters. The number of nitrogens with one attached hydrogen (secondary N) is 1. The van der Waals surface area contributed by atoms with Crippen molar-refractivity contribution in [2.24, 2.45) is 0 Å². The maximum absolute atomic E-state index is 12.1. The van der Waals surface area contributed by atoms with Crippen LogP contribution in [0.25, 0.3) is 0 Å². The maximum atomic E-state index is 12.1. The lowest BCUT2D eigenvalue weighted by Gasteiger charge is -2.24. The summed E-state index contributed by atoms with van der Waals surface area (Å²) >= 11 is 1.39. The third-order valence-corrected chi connectivity index (χ3v) is 4.15. The van der Waals surface area contributed by atoms with Crippen LogP contribution >= 0.6 is 11.3 Å². The van der Waals surface area contributed by atoms with Gasteiger partial charge in [-0.05, 0) is 13.3 Å². The summed E-state index contributed by atoms with van der Waals surface area (Å²) in [6.45, 7) is 2.67. The average Bonchev–Trinajstić information content (AvgIpc) is 2.96. The van der Waals surface area contributed by atoms with E-state index in [1.165, 1.54) is 11.3 Å². The van der Waals surface area contributed by atoms with Gasteiger partial charge in [0.25, 0.3) is 5.91 Å². The summed E-state index contributed by atoms with van der Waals surface area (Å²) in [7, 11) is 0. The van der Waals surface area contributed by atoms with Crippen LogP contribution in [-0.4, -0.2) is 26.5 Å². The number of amides is 1. The first-order valence-corrected chi connectivity index (χ1v) is 6.83. The van der Waals surface area contributed by atoms with Gasteiger partial charge in [0.2, 0.25) is 0 Å². The van der Waals surface area contributed by atoms with Crippen molar-refractivity contribution in [3.63, 3.8) is 0 Å². The molecule has 3 heterocycles. The molecule has 2 aromatic heterocycles. The van der Waals surface area contributed by atoms with E-state index in [1.54, 1.807) is 5.51 Å². The molecule has 18 heavy (non-hydrogen) atoms. The molecule has 0 saturated heterocycles. The minimum atomic E-state index is -0.0106. The van der Waals surface area contributed by atoms with Crippen LogP contribution in [0.2, 0.25) is 0 Å². The largest absolute Gasteiger partial charge is 0.347 e. The van der Waals surface area contributed by atoms with Crippen LogP contribution in [0.5, 0.6) is 0 Å². The molecule has 0 fully saturated rings. The Hall–Kier alpha value is -1.69. The van der Waals surface area contributed by atoms with Crippen molar-refractivity contribution in [3.8, 4) is 0 Å².